The van der Waals surface area contributed by atoms with Crippen LogP contribution < -0.4 is 0 Å². The lowest BCUT2D eigenvalue weighted by atomic mass is 9.79. The Balaban J connectivity index is 2.01. The largest absolute Gasteiger partial charge is 0.466 e. The molecule has 1 aliphatic carbocycles. The molecule has 0 aliphatic heterocycles. The molecular formula is C25H20N2O3. The fourth-order valence-electron chi connectivity index (χ4n) is 3.47. The van der Waals surface area contributed by atoms with Gasteiger partial charge in [-0.1, -0.05) is 24.3 Å². The first-order valence-corrected chi connectivity index (χ1v) is 9.67. The number of esters is 1. The first kappa shape index (κ1) is 20.8. The molecule has 1 fully saturated rings. The van der Waals surface area contributed by atoms with E-state index in [4.69, 9.17) is 15.3 Å². The molecule has 148 valence electrons. The maximum Gasteiger partial charge on any atom is 0.309 e. The van der Waals surface area contributed by atoms with Crippen molar-refractivity contribution in [3.63, 3.8) is 0 Å². The minimum Gasteiger partial charge on any atom is -0.466 e. The highest BCUT2D eigenvalue weighted by atomic mass is 16.5. The van der Waals surface area contributed by atoms with Gasteiger partial charge in [0, 0.05) is 11.1 Å². The van der Waals surface area contributed by atoms with E-state index in [1.807, 2.05) is 12.1 Å². The number of benzene rings is 2. The number of allylic oxidation sites excluding steroid dienone is 2. The van der Waals surface area contributed by atoms with Crippen molar-refractivity contribution < 1.29 is 14.3 Å². The average Bonchev–Trinajstić information content (AvgIpc) is 2.76. The Labute approximate surface area is 175 Å². The summed E-state index contributed by atoms with van der Waals surface area (Å²) in [6.07, 6.45) is 4.02. The Morgan fingerprint density at radius 1 is 1.00 bits per heavy atom. The van der Waals surface area contributed by atoms with Crippen molar-refractivity contribution in [3.05, 3.63) is 81.9 Å². The fourth-order valence-corrected chi connectivity index (χ4v) is 3.47. The second kappa shape index (κ2) is 9.49. The first-order valence-electron chi connectivity index (χ1n) is 9.67. The molecule has 0 aromatic heterocycles. The van der Waals surface area contributed by atoms with Crippen molar-refractivity contribution in [1.29, 1.82) is 10.5 Å². The van der Waals surface area contributed by atoms with Crippen LogP contribution in [0.5, 0.6) is 0 Å². The molecule has 0 amide bonds. The zero-order chi connectivity index (χ0) is 21.5. The zero-order valence-electron chi connectivity index (χ0n) is 16.6. The fraction of sp³-hybridized carbons (Fsp3) is 0.200. The van der Waals surface area contributed by atoms with E-state index in [-0.39, 0.29) is 31.2 Å². The van der Waals surface area contributed by atoms with E-state index in [1.165, 1.54) is 0 Å². The Kier molecular flexibility index (Phi) is 6.57. The van der Waals surface area contributed by atoms with E-state index in [1.54, 1.807) is 55.5 Å². The van der Waals surface area contributed by atoms with Crippen LogP contribution in [0.4, 0.5) is 0 Å². The standard InChI is InChI=1S/C25H20N2O3/c1-2-30-25(29)23-13-21(11-17-5-3-7-19(9-17)15-26)24(28)22(14-23)12-18-6-4-8-20(10-18)16-27/h3-12,23H,2,13-14H2,1H3. The van der Waals surface area contributed by atoms with E-state index in [0.717, 1.165) is 11.1 Å². The topological polar surface area (TPSA) is 90.9 Å². The molecular weight excluding hydrogens is 376 g/mol. The molecule has 30 heavy (non-hydrogen) atoms. The number of hydrogen-bond donors (Lipinski definition) is 0. The molecule has 0 spiro atoms. The summed E-state index contributed by atoms with van der Waals surface area (Å²) >= 11 is 0. The number of nitrogens with zero attached hydrogens (tertiary/aromatic N) is 2. The summed E-state index contributed by atoms with van der Waals surface area (Å²) in [6.45, 7) is 2.02. The molecule has 2 aromatic rings. The predicted molar refractivity (Wildman–Crippen MR) is 113 cm³/mol. The smallest absolute Gasteiger partial charge is 0.309 e. The Hall–Kier alpha value is -3.96. The van der Waals surface area contributed by atoms with Crippen LogP contribution in [0, 0.1) is 28.6 Å². The van der Waals surface area contributed by atoms with Crippen molar-refractivity contribution in [2.45, 2.75) is 19.8 Å². The molecule has 0 N–H and O–H groups in total. The molecule has 0 saturated heterocycles. The highest BCUT2D eigenvalue weighted by Gasteiger charge is 2.32. The number of Topliss-reactive ketones (excluding diaryl/α,β-unsaturated/α-hetero) is 1. The number of nitriles is 2. The molecule has 5 heteroatoms. The van der Waals surface area contributed by atoms with Crippen LogP contribution in [0.1, 0.15) is 42.0 Å². The Morgan fingerprint density at radius 2 is 1.50 bits per heavy atom. The first-order chi connectivity index (χ1) is 14.5. The van der Waals surface area contributed by atoms with Crippen LogP contribution in [0.3, 0.4) is 0 Å². The maximum absolute atomic E-state index is 13.2. The highest BCUT2D eigenvalue weighted by molar-refractivity contribution is 6.14. The van der Waals surface area contributed by atoms with Crippen LogP contribution in [-0.2, 0) is 14.3 Å². The quantitative estimate of drug-likeness (QED) is 0.563. The molecule has 5 nitrogen and oxygen atoms in total. The number of carbonyl (C=O) groups excluding carboxylic acids is 2. The van der Waals surface area contributed by atoms with Crippen LogP contribution in [0.25, 0.3) is 12.2 Å². The third kappa shape index (κ3) is 4.90. The predicted octanol–water partition coefficient (Wildman–Crippen LogP) is 4.44. The Morgan fingerprint density at radius 3 is 1.93 bits per heavy atom. The van der Waals surface area contributed by atoms with Crippen molar-refractivity contribution >= 4 is 23.9 Å². The number of rotatable bonds is 4. The number of hydrogen-bond acceptors (Lipinski definition) is 5. The summed E-state index contributed by atoms with van der Waals surface area (Å²) < 4.78 is 5.20. The van der Waals surface area contributed by atoms with Gasteiger partial charge in [0.2, 0.25) is 0 Å². The van der Waals surface area contributed by atoms with Gasteiger partial charge >= 0.3 is 5.97 Å². The summed E-state index contributed by atoms with van der Waals surface area (Å²) in [6, 6.07) is 18.1. The average molecular weight is 396 g/mol. The number of carbonyl (C=O) groups is 2. The molecule has 0 unspecified atom stereocenters. The van der Waals surface area contributed by atoms with Gasteiger partial charge in [0.15, 0.2) is 5.78 Å². The van der Waals surface area contributed by atoms with Crippen LogP contribution >= 0.6 is 0 Å². The SMILES string of the molecule is CCOC(=O)C1CC(=Cc2cccc(C#N)c2)C(=O)C(=Cc2cccc(C#N)c2)C1. The monoisotopic (exact) mass is 396 g/mol. The van der Waals surface area contributed by atoms with Gasteiger partial charge in [-0.25, -0.2) is 0 Å². The molecule has 1 saturated carbocycles. The van der Waals surface area contributed by atoms with Gasteiger partial charge in [0.05, 0.1) is 35.8 Å². The molecule has 3 rings (SSSR count). The second-order valence-corrected chi connectivity index (χ2v) is 7.00. The lowest BCUT2D eigenvalue weighted by Crippen LogP contribution is -2.27. The Bertz CT molecular complexity index is 1050. The van der Waals surface area contributed by atoms with E-state index < -0.39 is 5.92 Å². The lowest BCUT2D eigenvalue weighted by molar-refractivity contribution is -0.148. The van der Waals surface area contributed by atoms with Crippen molar-refractivity contribution in [2.24, 2.45) is 5.92 Å². The van der Waals surface area contributed by atoms with Gasteiger partial charge < -0.3 is 4.74 Å². The number of ether oxygens (including phenoxy) is 1. The van der Waals surface area contributed by atoms with Gasteiger partial charge in [-0.2, -0.15) is 10.5 Å². The van der Waals surface area contributed by atoms with E-state index in [0.29, 0.717) is 22.3 Å². The maximum atomic E-state index is 13.2. The van der Waals surface area contributed by atoms with Gasteiger partial charge in [-0.3, -0.25) is 9.59 Å². The molecule has 0 radical (unpaired) electrons. The summed E-state index contributed by atoms with van der Waals surface area (Å²) in [5, 5.41) is 18.2. The van der Waals surface area contributed by atoms with Crippen molar-refractivity contribution in [1.82, 2.24) is 0 Å². The summed E-state index contributed by atoms with van der Waals surface area (Å²) in [5.41, 5.74) is 3.45. The molecule has 0 heterocycles. The highest BCUT2D eigenvalue weighted by Crippen LogP contribution is 2.33. The van der Waals surface area contributed by atoms with E-state index in [2.05, 4.69) is 12.1 Å². The van der Waals surface area contributed by atoms with Gasteiger partial charge in [0.25, 0.3) is 0 Å². The van der Waals surface area contributed by atoms with Crippen molar-refractivity contribution in [2.75, 3.05) is 6.61 Å². The zero-order valence-corrected chi connectivity index (χ0v) is 16.6. The molecule has 0 atom stereocenters. The van der Waals surface area contributed by atoms with Gasteiger partial charge in [0.1, 0.15) is 0 Å². The normalized spacial score (nSPS) is 18.6. The minimum absolute atomic E-state index is 0.139. The third-order valence-corrected chi connectivity index (χ3v) is 4.85. The lowest BCUT2D eigenvalue weighted by Gasteiger charge is -2.24. The van der Waals surface area contributed by atoms with Crippen molar-refractivity contribution in [3.8, 4) is 12.1 Å². The third-order valence-electron chi connectivity index (χ3n) is 4.85. The minimum atomic E-state index is -0.460. The summed E-state index contributed by atoms with van der Waals surface area (Å²) in [5.74, 6) is -0.933. The second-order valence-electron chi connectivity index (χ2n) is 7.00. The molecule has 0 bridgehead atoms. The van der Waals surface area contributed by atoms with E-state index in [9.17, 15) is 9.59 Å². The van der Waals surface area contributed by atoms with Crippen LogP contribution in [-0.4, -0.2) is 18.4 Å². The summed E-state index contributed by atoms with van der Waals surface area (Å²) in [4.78, 5) is 25.6. The summed E-state index contributed by atoms with van der Waals surface area (Å²) in [7, 11) is 0. The number of ketones is 1. The molecule has 2 aromatic carbocycles. The van der Waals surface area contributed by atoms with Gasteiger partial charge in [-0.05, 0) is 67.3 Å². The van der Waals surface area contributed by atoms with Gasteiger partial charge in [-0.15, -0.1) is 0 Å². The van der Waals surface area contributed by atoms with E-state index >= 15 is 0 Å². The van der Waals surface area contributed by atoms with Crippen LogP contribution in [0.2, 0.25) is 0 Å². The van der Waals surface area contributed by atoms with Crippen LogP contribution in [0.15, 0.2) is 59.7 Å². The molecule has 1 aliphatic rings.